The number of carbonyl (C=O) groups excluding carboxylic acids is 1. The summed E-state index contributed by atoms with van der Waals surface area (Å²) < 4.78 is 5.19. The SMILES string of the molecule is CCNC(=O)C(C)(C)CNCc1ccco1. The predicted molar refractivity (Wildman–Crippen MR) is 62.9 cm³/mol. The van der Waals surface area contributed by atoms with Crippen LogP contribution < -0.4 is 10.6 Å². The van der Waals surface area contributed by atoms with E-state index in [-0.39, 0.29) is 5.91 Å². The molecule has 90 valence electrons. The fourth-order valence-electron chi connectivity index (χ4n) is 1.39. The number of furan rings is 1. The molecule has 0 unspecified atom stereocenters. The highest BCUT2D eigenvalue weighted by molar-refractivity contribution is 5.81. The van der Waals surface area contributed by atoms with Crippen LogP contribution in [0.3, 0.4) is 0 Å². The van der Waals surface area contributed by atoms with Crippen LogP contribution in [-0.2, 0) is 11.3 Å². The summed E-state index contributed by atoms with van der Waals surface area (Å²) in [7, 11) is 0. The van der Waals surface area contributed by atoms with Gasteiger partial charge in [0.05, 0.1) is 18.2 Å². The van der Waals surface area contributed by atoms with E-state index in [0.29, 0.717) is 19.6 Å². The van der Waals surface area contributed by atoms with Crippen molar-refractivity contribution in [2.75, 3.05) is 13.1 Å². The van der Waals surface area contributed by atoms with Crippen molar-refractivity contribution in [3.8, 4) is 0 Å². The van der Waals surface area contributed by atoms with Gasteiger partial charge in [-0.2, -0.15) is 0 Å². The number of hydrogen-bond donors (Lipinski definition) is 2. The molecule has 1 aromatic heterocycles. The molecule has 16 heavy (non-hydrogen) atoms. The summed E-state index contributed by atoms with van der Waals surface area (Å²) in [6.07, 6.45) is 1.64. The van der Waals surface area contributed by atoms with Crippen LogP contribution in [0.25, 0.3) is 0 Å². The van der Waals surface area contributed by atoms with E-state index >= 15 is 0 Å². The number of carbonyl (C=O) groups is 1. The van der Waals surface area contributed by atoms with Crippen molar-refractivity contribution in [1.82, 2.24) is 10.6 Å². The molecule has 4 nitrogen and oxygen atoms in total. The third-order valence-corrected chi connectivity index (χ3v) is 2.40. The number of hydrogen-bond acceptors (Lipinski definition) is 3. The first-order chi connectivity index (χ1) is 7.56. The van der Waals surface area contributed by atoms with E-state index in [9.17, 15) is 4.79 Å². The minimum atomic E-state index is -0.400. The largest absolute Gasteiger partial charge is 0.468 e. The minimum absolute atomic E-state index is 0.0712. The molecule has 1 amide bonds. The molecule has 1 aromatic rings. The highest BCUT2D eigenvalue weighted by atomic mass is 16.3. The van der Waals surface area contributed by atoms with Crippen LogP contribution in [0.2, 0.25) is 0 Å². The van der Waals surface area contributed by atoms with E-state index in [2.05, 4.69) is 10.6 Å². The third-order valence-electron chi connectivity index (χ3n) is 2.40. The Bertz CT molecular complexity index is 318. The molecule has 0 aromatic carbocycles. The molecule has 0 spiro atoms. The van der Waals surface area contributed by atoms with Crippen molar-refractivity contribution in [3.05, 3.63) is 24.2 Å². The molecule has 0 aliphatic heterocycles. The van der Waals surface area contributed by atoms with E-state index in [1.165, 1.54) is 0 Å². The first-order valence-corrected chi connectivity index (χ1v) is 5.57. The highest BCUT2D eigenvalue weighted by Crippen LogP contribution is 2.13. The van der Waals surface area contributed by atoms with Crippen LogP contribution in [0.5, 0.6) is 0 Å². The van der Waals surface area contributed by atoms with Gasteiger partial charge in [0.25, 0.3) is 0 Å². The van der Waals surface area contributed by atoms with Gasteiger partial charge in [0, 0.05) is 13.1 Å². The van der Waals surface area contributed by atoms with E-state index in [0.717, 1.165) is 5.76 Å². The van der Waals surface area contributed by atoms with E-state index in [4.69, 9.17) is 4.42 Å². The first kappa shape index (κ1) is 12.8. The van der Waals surface area contributed by atoms with Gasteiger partial charge < -0.3 is 15.1 Å². The van der Waals surface area contributed by atoms with Gasteiger partial charge in [-0.05, 0) is 32.9 Å². The van der Waals surface area contributed by atoms with E-state index < -0.39 is 5.41 Å². The lowest BCUT2D eigenvalue weighted by molar-refractivity contribution is -0.129. The fourth-order valence-corrected chi connectivity index (χ4v) is 1.39. The number of amides is 1. The summed E-state index contributed by atoms with van der Waals surface area (Å²) >= 11 is 0. The molecule has 0 atom stereocenters. The molecule has 0 bridgehead atoms. The Morgan fingerprint density at radius 1 is 1.50 bits per heavy atom. The van der Waals surface area contributed by atoms with Crippen LogP contribution in [0.1, 0.15) is 26.5 Å². The van der Waals surface area contributed by atoms with Crippen molar-refractivity contribution in [2.24, 2.45) is 5.41 Å². The average molecular weight is 224 g/mol. The molecular weight excluding hydrogens is 204 g/mol. The van der Waals surface area contributed by atoms with Gasteiger partial charge >= 0.3 is 0 Å². The van der Waals surface area contributed by atoms with Crippen LogP contribution in [-0.4, -0.2) is 19.0 Å². The van der Waals surface area contributed by atoms with Gasteiger partial charge in [-0.1, -0.05) is 0 Å². The smallest absolute Gasteiger partial charge is 0.226 e. The van der Waals surface area contributed by atoms with Crippen molar-refractivity contribution in [2.45, 2.75) is 27.3 Å². The predicted octanol–water partition coefficient (Wildman–Crippen LogP) is 1.53. The Morgan fingerprint density at radius 2 is 2.25 bits per heavy atom. The van der Waals surface area contributed by atoms with Gasteiger partial charge in [0.2, 0.25) is 5.91 Å². The lowest BCUT2D eigenvalue weighted by atomic mass is 9.92. The van der Waals surface area contributed by atoms with Crippen LogP contribution in [0, 0.1) is 5.41 Å². The van der Waals surface area contributed by atoms with Gasteiger partial charge in [0.1, 0.15) is 5.76 Å². The molecule has 0 aliphatic rings. The molecule has 2 N–H and O–H groups in total. The summed E-state index contributed by atoms with van der Waals surface area (Å²) in [5.41, 5.74) is -0.400. The quantitative estimate of drug-likeness (QED) is 0.770. The molecule has 1 rings (SSSR count). The molecule has 0 saturated heterocycles. The fraction of sp³-hybridized carbons (Fsp3) is 0.583. The Balaban J connectivity index is 2.33. The molecule has 4 heteroatoms. The molecule has 0 aliphatic carbocycles. The summed E-state index contributed by atoms with van der Waals surface area (Å²) in [6.45, 7) is 7.71. The monoisotopic (exact) mass is 224 g/mol. The zero-order chi connectivity index (χ0) is 12.0. The topological polar surface area (TPSA) is 54.3 Å². The Hall–Kier alpha value is -1.29. The van der Waals surface area contributed by atoms with E-state index in [1.54, 1.807) is 6.26 Å². The lowest BCUT2D eigenvalue weighted by Gasteiger charge is -2.23. The standard InChI is InChI=1S/C12H20N2O2/c1-4-14-11(15)12(2,3)9-13-8-10-6-5-7-16-10/h5-7,13H,4,8-9H2,1-3H3,(H,14,15). The van der Waals surface area contributed by atoms with Crippen LogP contribution in [0.15, 0.2) is 22.8 Å². The van der Waals surface area contributed by atoms with E-state index in [1.807, 2.05) is 32.9 Å². The minimum Gasteiger partial charge on any atom is -0.468 e. The van der Waals surface area contributed by atoms with Crippen molar-refractivity contribution in [1.29, 1.82) is 0 Å². The van der Waals surface area contributed by atoms with Gasteiger partial charge in [-0.3, -0.25) is 4.79 Å². The maximum Gasteiger partial charge on any atom is 0.226 e. The number of rotatable bonds is 6. The normalized spacial score (nSPS) is 11.4. The van der Waals surface area contributed by atoms with Crippen LogP contribution >= 0.6 is 0 Å². The summed E-state index contributed by atoms with van der Waals surface area (Å²) in [5.74, 6) is 0.952. The van der Waals surface area contributed by atoms with Gasteiger partial charge in [-0.15, -0.1) is 0 Å². The van der Waals surface area contributed by atoms with Crippen LogP contribution in [0.4, 0.5) is 0 Å². The zero-order valence-corrected chi connectivity index (χ0v) is 10.2. The first-order valence-electron chi connectivity index (χ1n) is 5.57. The lowest BCUT2D eigenvalue weighted by Crippen LogP contribution is -2.43. The summed E-state index contributed by atoms with van der Waals surface area (Å²) in [4.78, 5) is 11.7. The average Bonchev–Trinajstić information content (AvgIpc) is 2.70. The summed E-state index contributed by atoms with van der Waals surface area (Å²) in [6, 6.07) is 3.76. The summed E-state index contributed by atoms with van der Waals surface area (Å²) in [5, 5.41) is 6.04. The second-order valence-corrected chi connectivity index (χ2v) is 4.43. The Labute approximate surface area is 96.4 Å². The highest BCUT2D eigenvalue weighted by Gasteiger charge is 2.26. The molecule has 0 fully saturated rings. The molecule has 0 radical (unpaired) electrons. The Kier molecular flexibility index (Phi) is 4.55. The van der Waals surface area contributed by atoms with Crippen molar-refractivity contribution in [3.63, 3.8) is 0 Å². The van der Waals surface area contributed by atoms with Gasteiger partial charge in [-0.25, -0.2) is 0 Å². The zero-order valence-electron chi connectivity index (χ0n) is 10.2. The second-order valence-electron chi connectivity index (χ2n) is 4.43. The maximum absolute atomic E-state index is 11.7. The third kappa shape index (κ3) is 3.70. The second kappa shape index (κ2) is 5.70. The maximum atomic E-state index is 11.7. The van der Waals surface area contributed by atoms with Gasteiger partial charge in [0.15, 0.2) is 0 Å². The van der Waals surface area contributed by atoms with Crippen molar-refractivity contribution >= 4 is 5.91 Å². The molecular formula is C12H20N2O2. The molecule has 1 heterocycles. The molecule has 0 saturated carbocycles. The number of nitrogens with one attached hydrogen (secondary N) is 2. The Morgan fingerprint density at radius 3 is 2.81 bits per heavy atom. The van der Waals surface area contributed by atoms with Crippen molar-refractivity contribution < 1.29 is 9.21 Å².